The maximum absolute atomic E-state index is 12.6. The fourth-order valence-electron chi connectivity index (χ4n) is 2.91. The number of nitrogens with two attached hydrogens (primary N) is 1. The summed E-state index contributed by atoms with van der Waals surface area (Å²) in [7, 11) is 0. The first-order valence-corrected chi connectivity index (χ1v) is 9.05. The van der Waals surface area contributed by atoms with Crippen molar-refractivity contribution in [1.82, 2.24) is 0 Å². The van der Waals surface area contributed by atoms with Gasteiger partial charge >= 0.3 is 0 Å². The number of non-ortho nitro benzene ring substituents is 1. The lowest BCUT2D eigenvalue weighted by atomic mass is 10.1. The predicted molar refractivity (Wildman–Crippen MR) is 101 cm³/mol. The molecule has 2 aromatic carbocycles. The van der Waals surface area contributed by atoms with Gasteiger partial charge in [-0.25, -0.2) is 0 Å². The molecule has 0 atom stereocenters. The molecule has 1 heterocycles. The van der Waals surface area contributed by atoms with Gasteiger partial charge in [-0.2, -0.15) is 0 Å². The number of primary amides is 1. The van der Waals surface area contributed by atoms with E-state index in [1.54, 1.807) is 0 Å². The molecular formula is C17H14N4O6S. The monoisotopic (exact) mass is 402 g/mol. The van der Waals surface area contributed by atoms with Gasteiger partial charge < -0.3 is 10.6 Å². The summed E-state index contributed by atoms with van der Waals surface area (Å²) in [5.41, 5.74) is 6.14. The van der Waals surface area contributed by atoms with Crippen LogP contribution in [-0.4, -0.2) is 34.0 Å². The number of carbonyl (C=O) groups is 2. The van der Waals surface area contributed by atoms with Gasteiger partial charge in [0.1, 0.15) is 0 Å². The van der Waals surface area contributed by atoms with Gasteiger partial charge in [-0.1, -0.05) is 0 Å². The lowest BCUT2D eigenvalue weighted by molar-refractivity contribution is -0.387. The zero-order valence-electron chi connectivity index (χ0n) is 14.4. The van der Waals surface area contributed by atoms with Crippen LogP contribution in [0.4, 0.5) is 17.1 Å². The summed E-state index contributed by atoms with van der Waals surface area (Å²) in [4.78, 5) is 46.5. The maximum Gasteiger partial charge on any atom is 0.283 e. The van der Waals surface area contributed by atoms with E-state index in [1.807, 2.05) is 0 Å². The van der Waals surface area contributed by atoms with E-state index in [0.717, 1.165) is 17.8 Å². The Kier molecular flexibility index (Phi) is 5.27. The highest BCUT2D eigenvalue weighted by atomic mass is 32.2. The molecule has 0 unspecified atom stereocenters. The average molecular weight is 402 g/mol. The normalized spacial score (nSPS) is 12.5. The van der Waals surface area contributed by atoms with Gasteiger partial charge in [0.05, 0.1) is 20.5 Å². The number of anilines is 1. The van der Waals surface area contributed by atoms with Crippen molar-refractivity contribution in [1.29, 1.82) is 0 Å². The van der Waals surface area contributed by atoms with Crippen molar-refractivity contribution in [2.75, 3.05) is 17.2 Å². The number of nitrogens with zero attached hydrogens (tertiary/aromatic N) is 3. The number of thioether (sulfide) groups is 1. The topological polar surface area (TPSA) is 150 Å². The van der Waals surface area contributed by atoms with Crippen LogP contribution >= 0.6 is 11.8 Å². The molecule has 144 valence electrons. The van der Waals surface area contributed by atoms with Crippen LogP contribution in [-0.2, 0) is 11.2 Å². The molecule has 0 bridgehead atoms. The summed E-state index contributed by atoms with van der Waals surface area (Å²) < 4.78 is 0. The number of hydrogen-bond acceptors (Lipinski definition) is 7. The van der Waals surface area contributed by atoms with Gasteiger partial charge in [0, 0.05) is 36.0 Å². The second-order valence-electron chi connectivity index (χ2n) is 5.96. The van der Waals surface area contributed by atoms with Crippen molar-refractivity contribution >= 4 is 40.6 Å². The minimum atomic E-state index is -0.779. The molecule has 0 saturated carbocycles. The van der Waals surface area contributed by atoms with Gasteiger partial charge in [-0.3, -0.25) is 29.8 Å². The van der Waals surface area contributed by atoms with E-state index >= 15 is 0 Å². The molecule has 28 heavy (non-hydrogen) atoms. The standard InChI is InChI=1S/C17H14N4O6S/c18-17(23)11-1-4-15(14(8-11)21(26)27)28-9-16(22)19-6-5-10-7-12(20(24)25)2-3-13(10)19/h1-4,7-8H,5-6,9H2,(H2,18,23). The molecule has 2 amide bonds. The van der Waals surface area contributed by atoms with Gasteiger partial charge in [-0.05, 0) is 30.2 Å². The minimum Gasteiger partial charge on any atom is -0.366 e. The van der Waals surface area contributed by atoms with Crippen LogP contribution in [0.15, 0.2) is 41.3 Å². The maximum atomic E-state index is 12.6. The molecule has 0 radical (unpaired) electrons. The molecular weight excluding hydrogens is 388 g/mol. The summed E-state index contributed by atoms with van der Waals surface area (Å²) >= 11 is 0.980. The molecule has 0 spiro atoms. The van der Waals surface area contributed by atoms with Crippen molar-refractivity contribution in [3.05, 3.63) is 67.8 Å². The van der Waals surface area contributed by atoms with Gasteiger partial charge in [-0.15, -0.1) is 11.8 Å². The Hall–Kier alpha value is -3.47. The van der Waals surface area contributed by atoms with Crippen LogP contribution in [0.3, 0.4) is 0 Å². The van der Waals surface area contributed by atoms with Crippen molar-refractivity contribution < 1.29 is 19.4 Å². The molecule has 2 aromatic rings. The fourth-order valence-corrected chi connectivity index (χ4v) is 3.79. The largest absolute Gasteiger partial charge is 0.366 e. The highest BCUT2D eigenvalue weighted by Gasteiger charge is 2.27. The van der Waals surface area contributed by atoms with E-state index in [2.05, 4.69) is 0 Å². The molecule has 0 aliphatic carbocycles. The highest BCUT2D eigenvalue weighted by molar-refractivity contribution is 8.00. The van der Waals surface area contributed by atoms with Gasteiger partial charge in [0.15, 0.2) is 0 Å². The van der Waals surface area contributed by atoms with Crippen LogP contribution in [0.5, 0.6) is 0 Å². The SMILES string of the molecule is NC(=O)c1ccc(SCC(=O)N2CCc3cc([N+](=O)[O-])ccc32)c([N+](=O)[O-])c1. The summed E-state index contributed by atoms with van der Waals surface area (Å²) in [5, 5.41) is 22.1. The zero-order chi connectivity index (χ0) is 20.4. The first kappa shape index (κ1) is 19.3. The Morgan fingerprint density at radius 3 is 2.50 bits per heavy atom. The third-order valence-corrected chi connectivity index (χ3v) is 5.31. The third-order valence-electron chi connectivity index (χ3n) is 4.26. The number of rotatable bonds is 6. The van der Waals surface area contributed by atoms with Crippen LogP contribution < -0.4 is 10.6 Å². The summed E-state index contributed by atoms with van der Waals surface area (Å²) in [5.74, 6) is -1.11. The summed E-state index contributed by atoms with van der Waals surface area (Å²) in [6, 6.07) is 8.16. The van der Waals surface area contributed by atoms with Gasteiger partial charge in [0.25, 0.3) is 11.4 Å². The minimum absolute atomic E-state index is 0.0115. The van der Waals surface area contributed by atoms with E-state index in [-0.39, 0.29) is 33.5 Å². The number of amides is 2. The van der Waals surface area contributed by atoms with Crippen molar-refractivity contribution in [2.24, 2.45) is 5.73 Å². The second kappa shape index (κ2) is 7.64. The Bertz CT molecular complexity index is 1010. The fraction of sp³-hybridized carbons (Fsp3) is 0.176. The number of benzene rings is 2. The number of nitro benzene ring substituents is 2. The highest BCUT2D eigenvalue weighted by Crippen LogP contribution is 2.34. The zero-order valence-corrected chi connectivity index (χ0v) is 15.2. The molecule has 2 N–H and O–H groups in total. The predicted octanol–water partition coefficient (Wildman–Crippen LogP) is 2.28. The molecule has 1 aliphatic heterocycles. The van der Waals surface area contributed by atoms with E-state index < -0.39 is 15.8 Å². The molecule has 0 fully saturated rings. The van der Waals surface area contributed by atoms with Gasteiger partial charge in [0.2, 0.25) is 11.8 Å². The van der Waals surface area contributed by atoms with Crippen molar-refractivity contribution in [3.8, 4) is 0 Å². The van der Waals surface area contributed by atoms with Crippen LogP contribution in [0.25, 0.3) is 0 Å². The number of fused-ring (bicyclic) bond motifs is 1. The van der Waals surface area contributed by atoms with Crippen molar-refractivity contribution in [3.63, 3.8) is 0 Å². The number of nitro groups is 2. The molecule has 10 nitrogen and oxygen atoms in total. The smallest absolute Gasteiger partial charge is 0.283 e. The quantitative estimate of drug-likeness (QED) is 0.442. The molecule has 3 rings (SSSR count). The van der Waals surface area contributed by atoms with E-state index in [1.165, 1.54) is 35.2 Å². The van der Waals surface area contributed by atoms with Crippen LogP contribution in [0.2, 0.25) is 0 Å². The molecule has 0 aromatic heterocycles. The van der Waals surface area contributed by atoms with Crippen molar-refractivity contribution in [2.45, 2.75) is 11.3 Å². The molecule has 0 saturated heterocycles. The van der Waals surface area contributed by atoms with E-state index in [9.17, 15) is 29.8 Å². The summed E-state index contributed by atoms with van der Waals surface area (Å²) in [6.07, 6.45) is 0.501. The lowest BCUT2D eigenvalue weighted by Crippen LogP contribution is -2.30. The second-order valence-corrected chi connectivity index (χ2v) is 6.98. The number of carbonyl (C=O) groups excluding carboxylic acids is 2. The van der Waals surface area contributed by atoms with E-state index in [0.29, 0.717) is 24.2 Å². The Balaban J connectivity index is 1.75. The lowest BCUT2D eigenvalue weighted by Gasteiger charge is -2.17. The average Bonchev–Trinajstić information content (AvgIpc) is 3.09. The first-order valence-electron chi connectivity index (χ1n) is 8.06. The first-order chi connectivity index (χ1) is 13.3. The Labute approximate surface area is 162 Å². The van der Waals surface area contributed by atoms with Crippen LogP contribution in [0.1, 0.15) is 15.9 Å². The van der Waals surface area contributed by atoms with Crippen LogP contribution in [0, 0.1) is 20.2 Å². The molecule has 11 heteroatoms. The Morgan fingerprint density at radius 2 is 1.86 bits per heavy atom. The third kappa shape index (κ3) is 3.78. The van der Waals surface area contributed by atoms with E-state index in [4.69, 9.17) is 5.73 Å². The number of hydrogen-bond donors (Lipinski definition) is 1. The Morgan fingerprint density at radius 1 is 1.11 bits per heavy atom. The summed E-state index contributed by atoms with van der Waals surface area (Å²) in [6.45, 7) is 0.388. The molecule has 1 aliphatic rings.